The number of amides is 1. The highest BCUT2D eigenvalue weighted by atomic mass is 35.5. The molecule has 0 unspecified atom stereocenters. The maximum atomic E-state index is 12.1. The molecule has 1 aliphatic rings. The lowest BCUT2D eigenvalue weighted by Gasteiger charge is -2.19. The minimum Gasteiger partial charge on any atom is -0.381 e. The predicted octanol–water partition coefficient (Wildman–Crippen LogP) is 2.55. The highest BCUT2D eigenvalue weighted by Gasteiger charge is 2.28. The van der Waals surface area contributed by atoms with Crippen molar-refractivity contribution in [3.05, 3.63) is 21.3 Å². The Labute approximate surface area is 121 Å². The van der Waals surface area contributed by atoms with Crippen molar-refractivity contribution >= 4 is 28.8 Å². The molecule has 0 saturated carbocycles. The summed E-state index contributed by atoms with van der Waals surface area (Å²) < 4.78 is 5.91. The summed E-state index contributed by atoms with van der Waals surface area (Å²) in [6.07, 6.45) is 0.817. The molecule has 102 valence electrons. The van der Waals surface area contributed by atoms with Crippen molar-refractivity contribution in [1.29, 1.82) is 5.26 Å². The number of halogens is 1. The van der Waals surface area contributed by atoms with Gasteiger partial charge in [-0.25, -0.2) is 0 Å². The molecule has 0 spiro atoms. The smallest absolute Gasteiger partial charge is 0.229 e. The van der Waals surface area contributed by atoms with Crippen molar-refractivity contribution in [2.75, 3.05) is 13.2 Å². The molecule has 6 heteroatoms. The van der Waals surface area contributed by atoms with Gasteiger partial charge in [-0.15, -0.1) is 11.3 Å². The van der Waals surface area contributed by atoms with Crippen LogP contribution in [0.4, 0.5) is 0 Å². The zero-order valence-electron chi connectivity index (χ0n) is 10.6. The standard InChI is InChI=1S/C13H15ClN2O2S/c1-8(11-2-3-12(14)19-11)13(17)16-10(6-15)9-4-5-18-7-9/h2-3,8-10H,4-5,7H2,1H3,(H,16,17)/t8-,9-,10+/m0/s1. The summed E-state index contributed by atoms with van der Waals surface area (Å²) in [6.45, 7) is 3.02. The largest absolute Gasteiger partial charge is 0.381 e. The second-order valence-electron chi connectivity index (χ2n) is 4.60. The number of ether oxygens (including phenoxy) is 1. The maximum absolute atomic E-state index is 12.1. The fraction of sp³-hybridized carbons (Fsp3) is 0.538. The lowest BCUT2D eigenvalue weighted by Crippen LogP contribution is -2.41. The Balaban J connectivity index is 1.97. The maximum Gasteiger partial charge on any atom is 0.229 e. The molecular formula is C13H15ClN2O2S. The van der Waals surface area contributed by atoms with E-state index in [-0.39, 0.29) is 17.7 Å². The summed E-state index contributed by atoms with van der Waals surface area (Å²) in [5, 5.41) is 12.0. The SMILES string of the molecule is C[C@H](C(=O)N[C@H](C#N)[C@H]1CCOC1)c1ccc(Cl)s1. The number of nitrogens with zero attached hydrogens (tertiary/aromatic N) is 1. The first-order valence-electron chi connectivity index (χ1n) is 6.14. The van der Waals surface area contributed by atoms with Crippen molar-refractivity contribution in [3.63, 3.8) is 0 Å². The van der Waals surface area contributed by atoms with E-state index in [0.717, 1.165) is 11.3 Å². The number of nitrogens with one attached hydrogen (secondary N) is 1. The van der Waals surface area contributed by atoms with Crippen LogP contribution in [-0.4, -0.2) is 25.2 Å². The summed E-state index contributed by atoms with van der Waals surface area (Å²) in [5.41, 5.74) is 0. The Hall–Kier alpha value is -1.09. The molecule has 0 radical (unpaired) electrons. The van der Waals surface area contributed by atoms with E-state index in [1.165, 1.54) is 11.3 Å². The fourth-order valence-corrected chi connectivity index (χ4v) is 3.15. The van der Waals surface area contributed by atoms with Crippen LogP contribution in [0.15, 0.2) is 12.1 Å². The van der Waals surface area contributed by atoms with Gasteiger partial charge in [-0.2, -0.15) is 5.26 Å². The summed E-state index contributed by atoms with van der Waals surface area (Å²) in [5.74, 6) is -0.347. The molecule has 2 rings (SSSR count). The zero-order chi connectivity index (χ0) is 13.8. The third-order valence-corrected chi connectivity index (χ3v) is 4.70. The number of carbonyl (C=O) groups excluding carboxylic acids is 1. The monoisotopic (exact) mass is 298 g/mol. The van der Waals surface area contributed by atoms with Gasteiger partial charge in [0, 0.05) is 17.4 Å². The summed E-state index contributed by atoms with van der Waals surface area (Å²) in [6, 6.07) is 5.29. The third kappa shape index (κ3) is 3.47. The van der Waals surface area contributed by atoms with E-state index in [9.17, 15) is 4.79 Å². The van der Waals surface area contributed by atoms with Crippen LogP contribution < -0.4 is 5.32 Å². The van der Waals surface area contributed by atoms with E-state index in [1.54, 1.807) is 6.07 Å². The zero-order valence-corrected chi connectivity index (χ0v) is 12.1. The molecule has 0 aliphatic carbocycles. The average molecular weight is 299 g/mol. The predicted molar refractivity (Wildman–Crippen MR) is 74.2 cm³/mol. The lowest BCUT2D eigenvalue weighted by molar-refractivity contribution is -0.122. The van der Waals surface area contributed by atoms with Gasteiger partial charge >= 0.3 is 0 Å². The van der Waals surface area contributed by atoms with Gasteiger partial charge in [0.15, 0.2) is 0 Å². The highest BCUT2D eigenvalue weighted by molar-refractivity contribution is 7.16. The molecule has 1 aliphatic heterocycles. The fourth-order valence-electron chi connectivity index (χ4n) is 2.04. The topological polar surface area (TPSA) is 62.1 Å². The van der Waals surface area contributed by atoms with Gasteiger partial charge in [0.1, 0.15) is 6.04 Å². The Morgan fingerprint density at radius 2 is 2.47 bits per heavy atom. The Bertz CT molecular complexity index is 491. The van der Waals surface area contributed by atoms with Crippen LogP contribution in [0.2, 0.25) is 4.34 Å². The molecule has 1 amide bonds. The Kier molecular flexibility index (Phi) is 4.81. The molecular weight excluding hydrogens is 284 g/mol. The van der Waals surface area contributed by atoms with Crippen LogP contribution >= 0.6 is 22.9 Å². The third-order valence-electron chi connectivity index (χ3n) is 3.29. The van der Waals surface area contributed by atoms with E-state index in [4.69, 9.17) is 21.6 Å². The average Bonchev–Trinajstić information content (AvgIpc) is 3.05. The molecule has 1 fully saturated rings. The number of carbonyl (C=O) groups is 1. The molecule has 0 bridgehead atoms. The van der Waals surface area contributed by atoms with Gasteiger partial charge in [-0.1, -0.05) is 11.6 Å². The van der Waals surface area contributed by atoms with Crippen LogP contribution in [0.25, 0.3) is 0 Å². The number of nitriles is 1. The minimum atomic E-state index is -0.479. The number of hydrogen-bond acceptors (Lipinski definition) is 4. The van der Waals surface area contributed by atoms with E-state index < -0.39 is 6.04 Å². The summed E-state index contributed by atoms with van der Waals surface area (Å²) >= 11 is 7.25. The molecule has 4 nitrogen and oxygen atoms in total. The van der Waals surface area contributed by atoms with Crippen molar-refractivity contribution in [2.24, 2.45) is 5.92 Å². The molecule has 2 heterocycles. The first-order valence-corrected chi connectivity index (χ1v) is 7.34. The van der Waals surface area contributed by atoms with Crippen molar-refractivity contribution in [1.82, 2.24) is 5.32 Å². The van der Waals surface area contributed by atoms with Gasteiger partial charge in [0.05, 0.1) is 22.9 Å². The number of thiophene rings is 1. The van der Waals surface area contributed by atoms with Gasteiger partial charge < -0.3 is 10.1 Å². The molecule has 1 aromatic heterocycles. The molecule has 3 atom stereocenters. The first kappa shape index (κ1) is 14.3. The van der Waals surface area contributed by atoms with Gasteiger partial charge in [0.25, 0.3) is 0 Å². The van der Waals surface area contributed by atoms with Crippen LogP contribution in [0.5, 0.6) is 0 Å². The Morgan fingerprint density at radius 1 is 1.68 bits per heavy atom. The Morgan fingerprint density at radius 3 is 3.00 bits per heavy atom. The van der Waals surface area contributed by atoms with E-state index in [2.05, 4.69) is 11.4 Å². The molecule has 1 saturated heterocycles. The van der Waals surface area contributed by atoms with E-state index in [1.807, 2.05) is 13.0 Å². The van der Waals surface area contributed by atoms with Crippen LogP contribution in [0, 0.1) is 17.2 Å². The number of hydrogen-bond donors (Lipinski definition) is 1. The number of rotatable bonds is 4. The normalized spacial score (nSPS) is 21.6. The quantitative estimate of drug-likeness (QED) is 0.929. The van der Waals surface area contributed by atoms with Gasteiger partial charge in [-0.3, -0.25) is 4.79 Å². The summed E-state index contributed by atoms with van der Waals surface area (Å²) in [4.78, 5) is 13.0. The van der Waals surface area contributed by atoms with Crippen molar-refractivity contribution in [2.45, 2.75) is 25.3 Å². The van der Waals surface area contributed by atoms with Gasteiger partial charge in [0.2, 0.25) is 5.91 Å². The molecule has 0 aromatic carbocycles. The van der Waals surface area contributed by atoms with Crippen LogP contribution in [0.3, 0.4) is 0 Å². The van der Waals surface area contributed by atoms with E-state index in [0.29, 0.717) is 17.6 Å². The van der Waals surface area contributed by atoms with Crippen molar-refractivity contribution < 1.29 is 9.53 Å². The highest BCUT2D eigenvalue weighted by Crippen LogP contribution is 2.28. The lowest BCUT2D eigenvalue weighted by atomic mass is 9.99. The van der Waals surface area contributed by atoms with Crippen molar-refractivity contribution in [3.8, 4) is 6.07 Å². The van der Waals surface area contributed by atoms with Crippen LogP contribution in [-0.2, 0) is 9.53 Å². The van der Waals surface area contributed by atoms with E-state index >= 15 is 0 Å². The molecule has 19 heavy (non-hydrogen) atoms. The summed E-state index contributed by atoms with van der Waals surface area (Å²) in [7, 11) is 0. The first-order chi connectivity index (χ1) is 9.11. The van der Waals surface area contributed by atoms with Gasteiger partial charge in [-0.05, 0) is 25.5 Å². The second kappa shape index (κ2) is 6.38. The molecule has 1 N–H and O–H groups in total. The molecule has 1 aromatic rings. The minimum absolute atomic E-state index is 0.0908. The van der Waals surface area contributed by atoms with Crippen LogP contribution in [0.1, 0.15) is 24.1 Å². The second-order valence-corrected chi connectivity index (χ2v) is 6.35.